The van der Waals surface area contributed by atoms with E-state index in [1.807, 2.05) is 18.0 Å². The maximum Gasteiger partial charge on any atom is 0.0989 e. The van der Waals surface area contributed by atoms with Gasteiger partial charge in [-0.1, -0.05) is 0 Å². The molecule has 3 nitrogen and oxygen atoms in total. The molecule has 1 fully saturated rings. The van der Waals surface area contributed by atoms with Crippen molar-refractivity contribution in [3.05, 3.63) is 24.2 Å². The highest BCUT2D eigenvalue weighted by molar-refractivity contribution is 5.83. The summed E-state index contributed by atoms with van der Waals surface area (Å²) < 4.78 is 4.97. The molecule has 1 aromatic heterocycles. The van der Waals surface area contributed by atoms with Crippen LogP contribution in [0.5, 0.6) is 0 Å². The van der Waals surface area contributed by atoms with E-state index >= 15 is 0 Å². The molecule has 0 radical (unpaired) electrons. The number of hydrogen-bond donors (Lipinski definition) is 1. The molecular weight excluding hydrogens is 164 g/mol. The van der Waals surface area contributed by atoms with Crippen LogP contribution in [0.4, 0.5) is 0 Å². The van der Waals surface area contributed by atoms with Gasteiger partial charge in [0.1, 0.15) is 0 Å². The summed E-state index contributed by atoms with van der Waals surface area (Å²) >= 11 is 0. The van der Waals surface area contributed by atoms with E-state index in [0.29, 0.717) is 5.92 Å². The summed E-state index contributed by atoms with van der Waals surface area (Å²) in [5.74, 6) is 1.29. The van der Waals surface area contributed by atoms with Crippen molar-refractivity contribution in [2.24, 2.45) is 5.92 Å². The van der Waals surface area contributed by atoms with Crippen molar-refractivity contribution in [3.8, 4) is 0 Å². The zero-order valence-electron chi connectivity index (χ0n) is 7.79. The predicted octanol–water partition coefficient (Wildman–Crippen LogP) is 2.10. The zero-order chi connectivity index (χ0) is 9.26. The van der Waals surface area contributed by atoms with Crippen molar-refractivity contribution < 1.29 is 4.42 Å². The number of nitrogens with zero attached hydrogens (tertiary/aromatic N) is 1. The third kappa shape index (κ3) is 1.91. The Hall–Kier alpha value is -1.25. The second-order valence-electron chi connectivity index (χ2n) is 3.65. The lowest BCUT2D eigenvalue weighted by Gasteiger charge is -2.18. The molecule has 13 heavy (non-hydrogen) atoms. The fourth-order valence-corrected chi connectivity index (χ4v) is 1.41. The molecule has 1 saturated carbocycles. The van der Waals surface area contributed by atoms with Crippen LogP contribution in [-0.2, 0) is 6.54 Å². The van der Waals surface area contributed by atoms with Gasteiger partial charge in [0.05, 0.1) is 18.4 Å². The summed E-state index contributed by atoms with van der Waals surface area (Å²) in [5.41, 5.74) is 1.13. The van der Waals surface area contributed by atoms with Crippen molar-refractivity contribution in [1.29, 1.82) is 5.41 Å². The van der Waals surface area contributed by atoms with E-state index in [2.05, 4.69) is 0 Å². The van der Waals surface area contributed by atoms with Gasteiger partial charge in [-0.05, 0) is 18.9 Å². The molecule has 0 aliphatic heterocycles. The van der Waals surface area contributed by atoms with Crippen molar-refractivity contribution in [1.82, 2.24) is 4.90 Å². The fraction of sp³-hybridized carbons (Fsp3) is 0.500. The van der Waals surface area contributed by atoms with Gasteiger partial charge in [-0.2, -0.15) is 0 Å². The number of hydrogen-bond acceptors (Lipinski definition) is 2. The Bertz CT molecular complexity index is 288. The van der Waals surface area contributed by atoms with E-state index in [1.54, 1.807) is 12.5 Å². The predicted molar refractivity (Wildman–Crippen MR) is 50.6 cm³/mol. The van der Waals surface area contributed by atoms with Crippen LogP contribution in [0.25, 0.3) is 0 Å². The average molecular weight is 178 g/mol. The van der Waals surface area contributed by atoms with Crippen LogP contribution in [0.2, 0.25) is 0 Å². The van der Waals surface area contributed by atoms with E-state index in [0.717, 1.165) is 17.9 Å². The summed E-state index contributed by atoms with van der Waals surface area (Å²) in [5, 5.41) is 7.81. The van der Waals surface area contributed by atoms with Crippen LogP contribution in [-0.4, -0.2) is 17.8 Å². The molecule has 1 N–H and O–H groups in total. The molecule has 0 unspecified atom stereocenters. The normalized spacial score (nSPS) is 15.8. The first-order valence-corrected chi connectivity index (χ1v) is 4.58. The molecule has 1 aromatic rings. The minimum absolute atomic E-state index is 0.525. The Kier molecular flexibility index (Phi) is 2.08. The fourth-order valence-electron chi connectivity index (χ4n) is 1.41. The topological polar surface area (TPSA) is 40.2 Å². The monoisotopic (exact) mass is 178 g/mol. The lowest BCUT2D eigenvalue weighted by Crippen LogP contribution is -2.26. The summed E-state index contributed by atoms with van der Waals surface area (Å²) in [4.78, 5) is 1.99. The van der Waals surface area contributed by atoms with Crippen molar-refractivity contribution in [2.45, 2.75) is 19.4 Å². The summed E-state index contributed by atoms with van der Waals surface area (Å²) in [6.07, 6.45) is 5.78. The molecule has 0 saturated heterocycles. The van der Waals surface area contributed by atoms with Crippen LogP contribution >= 0.6 is 0 Å². The molecule has 0 amide bonds. The molecule has 1 aliphatic carbocycles. The summed E-state index contributed by atoms with van der Waals surface area (Å²) in [6.45, 7) is 0.784. The molecule has 0 aromatic carbocycles. The van der Waals surface area contributed by atoms with Gasteiger partial charge in [0.25, 0.3) is 0 Å². The van der Waals surface area contributed by atoms with Crippen LogP contribution in [0, 0.1) is 11.3 Å². The standard InChI is InChI=1S/C10H14N2O/c1-12(10(11)9-2-3-9)6-8-4-5-13-7-8/h4-5,7,9,11H,2-3,6H2,1H3. The van der Waals surface area contributed by atoms with Gasteiger partial charge < -0.3 is 9.32 Å². The summed E-state index contributed by atoms with van der Waals surface area (Å²) in [6, 6.07) is 1.94. The Labute approximate surface area is 77.9 Å². The van der Waals surface area contributed by atoms with Crippen molar-refractivity contribution in [2.75, 3.05) is 7.05 Å². The lowest BCUT2D eigenvalue weighted by molar-refractivity contribution is 0.475. The number of nitrogens with one attached hydrogen (secondary N) is 1. The number of rotatable bonds is 3. The molecule has 0 bridgehead atoms. The van der Waals surface area contributed by atoms with E-state index in [1.165, 1.54) is 12.8 Å². The molecule has 3 heteroatoms. The highest BCUT2D eigenvalue weighted by Gasteiger charge is 2.28. The first kappa shape index (κ1) is 8.35. The number of amidine groups is 1. The third-order valence-electron chi connectivity index (χ3n) is 2.38. The summed E-state index contributed by atoms with van der Waals surface area (Å²) in [7, 11) is 1.97. The minimum atomic E-state index is 0.525. The maximum absolute atomic E-state index is 7.81. The highest BCUT2D eigenvalue weighted by atomic mass is 16.3. The smallest absolute Gasteiger partial charge is 0.0989 e. The van der Waals surface area contributed by atoms with Gasteiger partial charge in [-0.3, -0.25) is 5.41 Å². The quantitative estimate of drug-likeness (QED) is 0.568. The molecule has 1 heterocycles. The Balaban J connectivity index is 1.90. The number of furan rings is 1. The van der Waals surface area contributed by atoms with E-state index in [9.17, 15) is 0 Å². The lowest BCUT2D eigenvalue weighted by atomic mass is 10.3. The van der Waals surface area contributed by atoms with Gasteiger partial charge in [0.2, 0.25) is 0 Å². The van der Waals surface area contributed by atoms with Crippen molar-refractivity contribution >= 4 is 5.84 Å². The SMILES string of the molecule is CN(Cc1ccoc1)C(=N)C1CC1. The van der Waals surface area contributed by atoms with Crippen LogP contribution in [0.3, 0.4) is 0 Å². The second-order valence-corrected chi connectivity index (χ2v) is 3.65. The first-order valence-electron chi connectivity index (χ1n) is 4.58. The molecule has 0 spiro atoms. The maximum atomic E-state index is 7.81. The Morgan fingerprint density at radius 3 is 3.00 bits per heavy atom. The van der Waals surface area contributed by atoms with E-state index in [4.69, 9.17) is 9.83 Å². The first-order chi connectivity index (χ1) is 6.27. The van der Waals surface area contributed by atoms with Crippen LogP contribution in [0.15, 0.2) is 23.0 Å². The van der Waals surface area contributed by atoms with E-state index in [-0.39, 0.29) is 0 Å². The molecular formula is C10H14N2O. The molecule has 2 rings (SSSR count). The zero-order valence-corrected chi connectivity index (χ0v) is 7.79. The largest absolute Gasteiger partial charge is 0.472 e. The van der Waals surface area contributed by atoms with Gasteiger partial charge in [0.15, 0.2) is 0 Å². The van der Waals surface area contributed by atoms with Gasteiger partial charge in [-0.15, -0.1) is 0 Å². The van der Waals surface area contributed by atoms with Crippen molar-refractivity contribution in [3.63, 3.8) is 0 Å². The van der Waals surface area contributed by atoms with Gasteiger partial charge in [-0.25, -0.2) is 0 Å². The highest BCUT2D eigenvalue weighted by Crippen LogP contribution is 2.31. The second kappa shape index (κ2) is 3.24. The third-order valence-corrected chi connectivity index (χ3v) is 2.38. The Morgan fingerprint density at radius 1 is 1.69 bits per heavy atom. The van der Waals surface area contributed by atoms with Crippen LogP contribution in [0.1, 0.15) is 18.4 Å². The van der Waals surface area contributed by atoms with Gasteiger partial charge in [0, 0.05) is 25.1 Å². The van der Waals surface area contributed by atoms with Gasteiger partial charge >= 0.3 is 0 Å². The Morgan fingerprint density at radius 2 is 2.46 bits per heavy atom. The average Bonchev–Trinajstić information content (AvgIpc) is 2.85. The molecule has 70 valence electrons. The molecule has 1 aliphatic rings. The van der Waals surface area contributed by atoms with E-state index < -0.39 is 0 Å². The minimum Gasteiger partial charge on any atom is -0.472 e. The molecule has 0 atom stereocenters. The van der Waals surface area contributed by atoms with Crippen LogP contribution < -0.4 is 0 Å².